The number of hydrogen-bond acceptors (Lipinski definition) is 0. The molecule has 0 atom stereocenters. The van der Waals surface area contributed by atoms with Gasteiger partial charge < -0.3 is 4.48 Å². The summed E-state index contributed by atoms with van der Waals surface area (Å²) in [5.74, 6) is 0. The van der Waals surface area contributed by atoms with Gasteiger partial charge in [-0.2, -0.15) is 0 Å². The lowest BCUT2D eigenvalue weighted by Crippen LogP contribution is -2.33. The van der Waals surface area contributed by atoms with Crippen LogP contribution in [0.1, 0.15) is 65.2 Å². The molecule has 0 amide bonds. The molecule has 0 fully saturated rings. The summed E-state index contributed by atoms with van der Waals surface area (Å²) in [6.07, 6.45) is 15.6. The lowest BCUT2D eigenvalue weighted by atomic mass is 10.1. The van der Waals surface area contributed by atoms with Crippen molar-refractivity contribution in [3.8, 4) is 0 Å². The van der Waals surface area contributed by atoms with Gasteiger partial charge >= 0.3 is 0 Å². The minimum absolute atomic E-state index is 1.03. The van der Waals surface area contributed by atoms with E-state index in [0.29, 0.717) is 0 Å². The van der Waals surface area contributed by atoms with Crippen molar-refractivity contribution in [1.82, 2.24) is 0 Å². The number of unbranched alkanes of at least 4 members (excludes halogenated alkanes) is 6. The first-order valence-corrected chi connectivity index (χ1v) is 7.12. The summed E-state index contributed by atoms with van der Waals surface area (Å²) in [7, 11) is 4.56. The molecule has 1 nitrogen and oxygen atoms in total. The van der Waals surface area contributed by atoms with Crippen molar-refractivity contribution in [2.45, 2.75) is 65.2 Å². The Morgan fingerprint density at radius 1 is 0.812 bits per heavy atom. The summed E-state index contributed by atoms with van der Waals surface area (Å²) in [5, 5.41) is 0. The Morgan fingerprint density at radius 2 is 1.44 bits per heavy atom. The normalized spacial score (nSPS) is 12.5. The van der Waals surface area contributed by atoms with Gasteiger partial charge in [0, 0.05) is 0 Å². The Hall–Kier alpha value is -0.300. The molecule has 1 heteroatoms. The van der Waals surface area contributed by atoms with Gasteiger partial charge in [0.2, 0.25) is 0 Å². The van der Waals surface area contributed by atoms with Crippen LogP contribution in [-0.2, 0) is 0 Å². The van der Waals surface area contributed by atoms with E-state index in [0.717, 1.165) is 4.48 Å². The first kappa shape index (κ1) is 15.7. The van der Waals surface area contributed by atoms with Crippen molar-refractivity contribution in [2.24, 2.45) is 0 Å². The molecule has 0 aliphatic carbocycles. The van der Waals surface area contributed by atoms with Crippen molar-refractivity contribution >= 4 is 0 Å². The third kappa shape index (κ3) is 10.2. The van der Waals surface area contributed by atoms with Crippen molar-refractivity contribution in [1.29, 1.82) is 0 Å². The average Bonchev–Trinajstić information content (AvgIpc) is 2.22. The van der Waals surface area contributed by atoms with Crippen LogP contribution in [0.25, 0.3) is 0 Å². The molecule has 0 N–H and O–H groups in total. The van der Waals surface area contributed by atoms with Crippen molar-refractivity contribution < 1.29 is 4.48 Å². The largest absolute Gasteiger partial charge is 0.302 e. The maximum Gasteiger partial charge on any atom is 0.0913 e. The van der Waals surface area contributed by atoms with Crippen LogP contribution in [0.2, 0.25) is 0 Å². The van der Waals surface area contributed by atoms with Crippen LogP contribution in [0.5, 0.6) is 0 Å². The Bertz CT molecular complexity index is 170. The molecule has 16 heavy (non-hydrogen) atoms. The molecule has 0 unspecified atom stereocenters. The van der Waals surface area contributed by atoms with Gasteiger partial charge in [-0.05, 0) is 25.3 Å². The third-order valence-electron chi connectivity index (χ3n) is 3.03. The second-order valence-electron chi connectivity index (χ2n) is 5.44. The fraction of sp³-hybridized carbons (Fsp3) is 0.867. The van der Waals surface area contributed by atoms with E-state index in [1.165, 1.54) is 57.9 Å². The van der Waals surface area contributed by atoms with Gasteiger partial charge in [0.05, 0.1) is 26.8 Å². The zero-order chi connectivity index (χ0) is 12.3. The zero-order valence-corrected chi connectivity index (χ0v) is 12.0. The van der Waals surface area contributed by atoms with Gasteiger partial charge in [-0.3, -0.25) is 0 Å². The van der Waals surface area contributed by atoms with Crippen LogP contribution >= 0.6 is 0 Å². The number of rotatable bonds is 10. The minimum atomic E-state index is 1.03. The van der Waals surface area contributed by atoms with E-state index < -0.39 is 0 Å². The van der Waals surface area contributed by atoms with Crippen LogP contribution in [0.15, 0.2) is 12.3 Å². The van der Waals surface area contributed by atoms with Gasteiger partial charge in [0.15, 0.2) is 0 Å². The minimum Gasteiger partial charge on any atom is -0.302 e. The molecule has 0 aliphatic heterocycles. The molecule has 0 bridgehead atoms. The fourth-order valence-corrected chi connectivity index (χ4v) is 2.05. The van der Waals surface area contributed by atoms with Crippen LogP contribution in [0.4, 0.5) is 0 Å². The maximum absolute atomic E-state index is 2.37. The Morgan fingerprint density at radius 3 is 2.06 bits per heavy atom. The Balaban J connectivity index is 3.39. The average molecular weight is 226 g/mol. The van der Waals surface area contributed by atoms with Crippen LogP contribution < -0.4 is 0 Å². The smallest absolute Gasteiger partial charge is 0.0913 e. The van der Waals surface area contributed by atoms with Crippen molar-refractivity contribution in [3.63, 3.8) is 0 Å². The number of allylic oxidation sites excluding steroid dienone is 1. The molecule has 96 valence electrons. The van der Waals surface area contributed by atoms with Crippen molar-refractivity contribution in [2.75, 3.05) is 20.6 Å². The van der Waals surface area contributed by atoms with Crippen LogP contribution in [0.3, 0.4) is 0 Å². The van der Waals surface area contributed by atoms with E-state index in [4.69, 9.17) is 0 Å². The summed E-state index contributed by atoms with van der Waals surface area (Å²) < 4.78 is 1.03. The molecule has 0 aromatic carbocycles. The molecule has 0 aliphatic rings. The molecule has 0 saturated heterocycles. The first-order chi connectivity index (χ1) is 7.62. The van der Waals surface area contributed by atoms with Gasteiger partial charge in [0.1, 0.15) is 0 Å². The van der Waals surface area contributed by atoms with Gasteiger partial charge in [-0.1, -0.05) is 46.0 Å². The maximum atomic E-state index is 2.37. The Kier molecular flexibility index (Phi) is 9.71. The topological polar surface area (TPSA) is 0 Å². The molecule has 0 aromatic rings. The second kappa shape index (κ2) is 9.89. The highest BCUT2D eigenvalue weighted by atomic mass is 15.3. The first-order valence-electron chi connectivity index (χ1n) is 7.12. The number of nitrogens with zero attached hydrogens (tertiary/aromatic N) is 1. The molecular weight excluding hydrogens is 194 g/mol. The van der Waals surface area contributed by atoms with E-state index in [1.807, 2.05) is 0 Å². The van der Waals surface area contributed by atoms with Gasteiger partial charge in [0.25, 0.3) is 0 Å². The van der Waals surface area contributed by atoms with Crippen LogP contribution in [0, 0.1) is 0 Å². The van der Waals surface area contributed by atoms with Crippen molar-refractivity contribution in [3.05, 3.63) is 12.3 Å². The molecule has 0 spiro atoms. The van der Waals surface area contributed by atoms with E-state index in [1.54, 1.807) is 0 Å². The standard InChI is InChI=1S/C15H32N/c1-5-7-8-9-10-11-12-13-15-16(3,4)14-6-2/h13,15H,5-12,14H2,1-4H3/q+1. The summed E-state index contributed by atoms with van der Waals surface area (Å²) in [4.78, 5) is 0. The highest BCUT2D eigenvalue weighted by molar-refractivity contribution is 4.73. The fourth-order valence-electron chi connectivity index (χ4n) is 2.05. The summed E-state index contributed by atoms with van der Waals surface area (Å²) in [5.41, 5.74) is 0. The molecule has 0 aromatic heterocycles. The molecular formula is C15H32N+. The monoisotopic (exact) mass is 226 g/mol. The summed E-state index contributed by atoms with van der Waals surface area (Å²) in [6, 6.07) is 0. The quantitative estimate of drug-likeness (QED) is 0.373. The van der Waals surface area contributed by atoms with Crippen LogP contribution in [-0.4, -0.2) is 25.1 Å². The Labute approximate surface area is 103 Å². The SMILES string of the molecule is CCCCCCCCC=C[N+](C)(C)CCC. The summed E-state index contributed by atoms with van der Waals surface area (Å²) in [6.45, 7) is 5.77. The van der Waals surface area contributed by atoms with Gasteiger partial charge in [-0.15, -0.1) is 0 Å². The molecule has 0 radical (unpaired) electrons. The predicted octanol–water partition coefficient (Wildman–Crippen LogP) is 4.74. The van der Waals surface area contributed by atoms with E-state index >= 15 is 0 Å². The van der Waals surface area contributed by atoms with E-state index in [-0.39, 0.29) is 0 Å². The lowest BCUT2D eigenvalue weighted by Gasteiger charge is -2.24. The second-order valence-corrected chi connectivity index (χ2v) is 5.44. The number of quaternary nitrogens is 1. The zero-order valence-electron chi connectivity index (χ0n) is 12.0. The van der Waals surface area contributed by atoms with Gasteiger partial charge in [-0.25, -0.2) is 0 Å². The summed E-state index contributed by atoms with van der Waals surface area (Å²) >= 11 is 0. The lowest BCUT2D eigenvalue weighted by molar-refractivity contribution is -0.839. The predicted molar refractivity (Wildman–Crippen MR) is 74.4 cm³/mol. The molecule has 0 heterocycles. The molecule has 0 rings (SSSR count). The highest BCUT2D eigenvalue weighted by Gasteiger charge is 2.07. The van der Waals surface area contributed by atoms with E-state index in [9.17, 15) is 0 Å². The van der Waals surface area contributed by atoms with E-state index in [2.05, 4.69) is 40.2 Å². The number of hydrogen-bond donors (Lipinski definition) is 0. The highest BCUT2D eigenvalue weighted by Crippen LogP contribution is 2.08. The third-order valence-corrected chi connectivity index (χ3v) is 3.03. The molecule has 0 saturated carbocycles.